The quantitative estimate of drug-likeness (QED) is 0.481. The molecule has 0 aromatic rings. The number of rotatable bonds is 13. The van der Waals surface area contributed by atoms with Crippen molar-refractivity contribution in [3.63, 3.8) is 0 Å². The van der Waals surface area contributed by atoms with Crippen molar-refractivity contribution in [2.75, 3.05) is 40.6 Å². The molecule has 0 saturated heterocycles. The second-order valence-corrected chi connectivity index (χ2v) is 5.32. The second kappa shape index (κ2) is 19.8. The van der Waals surface area contributed by atoms with Crippen LogP contribution in [-0.2, 0) is 18.9 Å². The van der Waals surface area contributed by atoms with Crippen molar-refractivity contribution >= 4 is 0 Å². The first kappa shape index (κ1) is 23.1. The fourth-order valence-electron chi connectivity index (χ4n) is 1.48. The minimum absolute atomic E-state index is 0.233. The maximum absolute atomic E-state index is 5.46. The molecule has 0 heterocycles. The normalized spacial score (nSPS) is 13.4. The van der Waals surface area contributed by atoms with Crippen LogP contribution in [0.4, 0.5) is 0 Å². The van der Waals surface area contributed by atoms with E-state index >= 15 is 0 Å². The van der Waals surface area contributed by atoms with Crippen LogP contribution >= 0.6 is 0 Å². The fourth-order valence-corrected chi connectivity index (χ4v) is 1.48. The standard InChI is InChI=1S/C9H20O2.C8H18O2/c1-4-5-6-7-11-9(2)8-10-3;1-4-5-6-10-7-8(2)9-3/h9H,4-8H2,1-3H3;8H,4-7H2,1-3H3. The summed E-state index contributed by atoms with van der Waals surface area (Å²) in [4.78, 5) is 0. The van der Waals surface area contributed by atoms with Crippen LogP contribution in [0.15, 0.2) is 0 Å². The molecule has 0 spiro atoms. The van der Waals surface area contributed by atoms with E-state index in [4.69, 9.17) is 18.9 Å². The lowest BCUT2D eigenvalue weighted by molar-refractivity contribution is 0.00775. The molecule has 2 unspecified atom stereocenters. The Bertz CT molecular complexity index is 176. The third-order valence-corrected chi connectivity index (χ3v) is 2.95. The van der Waals surface area contributed by atoms with Crippen LogP contribution in [-0.4, -0.2) is 52.9 Å². The first-order valence-corrected chi connectivity index (χ1v) is 8.33. The number of methoxy groups -OCH3 is 2. The summed E-state index contributed by atoms with van der Waals surface area (Å²) in [5.41, 5.74) is 0. The van der Waals surface area contributed by atoms with Gasteiger partial charge < -0.3 is 18.9 Å². The highest BCUT2D eigenvalue weighted by Crippen LogP contribution is 1.97. The molecule has 0 bridgehead atoms. The van der Waals surface area contributed by atoms with Crippen molar-refractivity contribution in [1.82, 2.24) is 0 Å². The molecule has 0 aliphatic carbocycles. The van der Waals surface area contributed by atoms with Crippen molar-refractivity contribution in [3.8, 4) is 0 Å². The van der Waals surface area contributed by atoms with E-state index in [1.54, 1.807) is 14.2 Å². The van der Waals surface area contributed by atoms with E-state index in [0.29, 0.717) is 6.61 Å². The Morgan fingerprint density at radius 3 is 1.95 bits per heavy atom. The van der Waals surface area contributed by atoms with Gasteiger partial charge in [-0.3, -0.25) is 0 Å². The van der Waals surface area contributed by atoms with Gasteiger partial charge in [0.05, 0.1) is 25.4 Å². The van der Waals surface area contributed by atoms with Gasteiger partial charge in [-0.25, -0.2) is 0 Å². The van der Waals surface area contributed by atoms with Gasteiger partial charge in [0.15, 0.2) is 0 Å². The van der Waals surface area contributed by atoms with Crippen LogP contribution in [0.5, 0.6) is 0 Å². The molecular formula is C17H38O4. The Morgan fingerprint density at radius 2 is 1.43 bits per heavy atom. The lowest BCUT2D eigenvalue weighted by atomic mass is 10.3. The van der Waals surface area contributed by atoms with Crippen LogP contribution in [0.1, 0.15) is 59.8 Å². The van der Waals surface area contributed by atoms with Crippen LogP contribution in [0.25, 0.3) is 0 Å². The molecule has 2 atom stereocenters. The molecular weight excluding hydrogens is 268 g/mol. The summed E-state index contributed by atoms with van der Waals surface area (Å²) < 4.78 is 20.7. The summed E-state index contributed by atoms with van der Waals surface area (Å²) in [5.74, 6) is 0. The van der Waals surface area contributed by atoms with Gasteiger partial charge >= 0.3 is 0 Å². The second-order valence-electron chi connectivity index (χ2n) is 5.32. The maximum atomic E-state index is 5.46. The topological polar surface area (TPSA) is 36.9 Å². The molecule has 0 aliphatic heterocycles. The molecule has 0 saturated carbocycles. The van der Waals surface area contributed by atoms with Gasteiger partial charge in [0.2, 0.25) is 0 Å². The van der Waals surface area contributed by atoms with Crippen LogP contribution in [0.3, 0.4) is 0 Å². The lowest BCUT2D eigenvalue weighted by Gasteiger charge is -2.10. The SMILES string of the molecule is CCCCCOC(C)COC.CCCCOCC(C)OC. The number of hydrogen-bond acceptors (Lipinski definition) is 4. The zero-order valence-corrected chi connectivity index (χ0v) is 15.2. The molecule has 0 amide bonds. The Labute approximate surface area is 132 Å². The Morgan fingerprint density at radius 1 is 0.762 bits per heavy atom. The zero-order valence-electron chi connectivity index (χ0n) is 15.2. The molecule has 21 heavy (non-hydrogen) atoms. The maximum Gasteiger partial charge on any atom is 0.0780 e. The zero-order chi connectivity index (χ0) is 16.3. The number of hydrogen-bond donors (Lipinski definition) is 0. The lowest BCUT2D eigenvalue weighted by Crippen LogP contribution is -2.15. The minimum atomic E-state index is 0.233. The van der Waals surface area contributed by atoms with Gasteiger partial charge in [-0.2, -0.15) is 0 Å². The van der Waals surface area contributed by atoms with E-state index in [9.17, 15) is 0 Å². The molecule has 0 aromatic carbocycles. The van der Waals surface area contributed by atoms with Gasteiger partial charge in [0.1, 0.15) is 0 Å². The van der Waals surface area contributed by atoms with Gasteiger partial charge in [0.25, 0.3) is 0 Å². The molecule has 4 nitrogen and oxygen atoms in total. The highest BCUT2D eigenvalue weighted by molar-refractivity contribution is 4.46. The molecule has 0 rings (SSSR count). The molecule has 0 aromatic heterocycles. The molecule has 0 radical (unpaired) electrons. The van der Waals surface area contributed by atoms with E-state index in [2.05, 4.69) is 13.8 Å². The van der Waals surface area contributed by atoms with Crippen molar-refractivity contribution < 1.29 is 18.9 Å². The average molecular weight is 306 g/mol. The summed E-state index contributed by atoms with van der Waals surface area (Å²) in [7, 11) is 3.40. The van der Waals surface area contributed by atoms with Crippen LogP contribution < -0.4 is 0 Å². The van der Waals surface area contributed by atoms with Gasteiger partial charge in [-0.15, -0.1) is 0 Å². The molecule has 0 N–H and O–H groups in total. The molecule has 0 fully saturated rings. The van der Waals surface area contributed by atoms with E-state index in [0.717, 1.165) is 26.2 Å². The smallest absolute Gasteiger partial charge is 0.0780 e. The van der Waals surface area contributed by atoms with E-state index in [-0.39, 0.29) is 12.2 Å². The summed E-state index contributed by atoms with van der Waals surface area (Å²) in [6.45, 7) is 11.5. The van der Waals surface area contributed by atoms with Crippen molar-refractivity contribution in [1.29, 1.82) is 0 Å². The van der Waals surface area contributed by atoms with Gasteiger partial charge in [0, 0.05) is 27.4 Å². The predicted octanol–water partition coefficient (Wildman–Crippen LogP) is 4.07. The van der Waals surface area contributed by atoms with E-state index in [1.165, 1.54) is 25.7 Å². The third kappa shape index (κ3) is 22.3. The fraction of sp³-hybridized carbons (Fsp3) is 1.00. The summed E-state index contributed by atoms with van der Waals surface area (Å²) in [5, 5.41) is 0. The van der Waals surface area contributed by atoms with Crippen LogP contribution in [0.2, 0.25) is 0 Å². The predicted molar refractivity (Wildman–Crippen MR) is 89.0 cm³/mol. The number of unbranched alkanes of at least 4 members (excludes halogenated alkanes) is 3. The van der Waals surface area contributed by atoms with E-state index < -0.39 is 0 Å². The molecule has 130 valence electrons. The molecule has 0 aliphatic rings. The highest BCUT2D eigenvalue weighted by Gasteiger charge is 1.99. The van der Waals surface area contributed by atoms with E-state index in [1.807, 2.05) is 13.8 Å². The van der Waals surface area contributed by atoms with Gasteiger partial charge in [-0.1, -0.05) is 33.1 Å². The average Bonchev–Trinajstić information content (AvgIpc) is 2.49. The van der Waals surface area contributed by atoms with Crippen molar-refractivity contribution in [3.05, 3.63) is 0 Å². The highest BCUT2D eigenvalue weighted by atomic mass is 16.5. The number of ether oxygens (including phenoxy) is 4. The van der Waals surface area contributed by atoms with Crippen LogP contribution in [0, 0.1) is 0 Å². The Hall–Kier alpha value is -0.160. The Balaban J connectivity index is 0. The summed E-state index contributed by atoms with van der Waals surface area (Å²) >= 11 is 0. The van der Waals surface area contributed by atoms with Crippen molar-refractivity contribution in [2.45, 2.75) is 72.0 Å². The first-order valence-electron chi connectivity index (χ1n) is 8.33. The summed E-state index contributed by atoms with van der Waals surface area (Å²) in [6, 6.07) is 0. The third-order valence-electron chi connectivity index (χ3n) is 2.95. The van der Waals surface area contributed by atoms with Gasteiger partial charge in [-0.05, 0) is 26.7 Å². The van der Waals surface area contributed by atoms with Crippen molar-refractivity contribution in [2.24, 2.45) is 0 Å². The minimum Gasteiger partial charge on any atom is -0.382 e. The monoisotopic (exact) mass is 306 g/mol. The summed E-state index contributed by atoms with van der Waals surface area (Å²) in [6.07, 6.45) is 6.51. The first-order chi connectivity index (χ1) is 10.1. The Kier molecular flexibility index (Phi) is 21.8. The largest absolute Gasteiger partial charge is 0.382 e. The molecule has 4 heteroatoms.